The SMILES string of the molecule is CCCCCCCCCCCC(=O)OC(CC)C(=O)OCC. The Hall–Kier alpha value is -1.06. The van der Waals surface area contributed by atoms with Crippen LogP contribution in [-0.2, 0) is 19.1 Å². The molecule has 0 aromatic heterocycles. The van der Waals surface area contributed by atoms with Crippen LogP contribution in [0, 0.1) is 0 Å². The summed E-state index contributed by atoms with van der Waals surface area (Å²) in [6, 6.07) is 0. The van der Waals surface area contributed by atoms with Gasteiger partial charge < -0.3 is 9.47 Å². The molecular formula is C18H34O4. The molecule has 4 nitrogen and oxygen atoms in total. The lowest BCUT2D eigenvalue weighted by molar-refractivity contribution is -0.167. The van der Waals surface area contributed by atoms with Crippen LogP contribution in [0.3, 0.4) is 0 Å². The number of carbonyl (C=O) groups is 2. The highest BCUT2D eigenvalue weighted by molar-refractivity contribution is 5.79. The van der Waals surface area contributed by atoms with Crippen molar-refractivity contribution in [1.29, 1.82) is 0 Å². The van der Waals surface area contributed by atoms with Gasteiger partial charge in [-0.2, -0.15) is 0 Å². The molecule has 0 aromatic rings. The number of hydrogen-bond donors (Lipinski definition) is 0. The Morgan fingerprint density at radius 3 is 1.86 bits per heavy atom. The van der Waals surface area contributed by atoms with Crippen molar-refractivity contribution >= 4 is 11.9 Å². The molecule has 1 atom stereocenters. The Morgan fingerprint density at radius 1 is 0.818 bits per heavy atom. The first-order valence-electron chi connectivity index (χ1n) is 9.01. The first kappa shape index (κ1) is 20.9. The highest BCUT2D eigenvalue weighted by atomic mass is 16.6. The normalized spacial score (nSPS) is 12.0. The van der Waals surface area contributed by atoms with E-state index in [0.717, 1.165) is 12.8 Å². The molecule has 0 N–H and O–H groups in total. The lowest BCUT2D eigenvalue weighted by Crippen LogP contribution is -2.28. The fraction of sp³-hybridized carbons (Fsp3) is 0.889. The van der Waals surface area contributed by atoms with Gasteiger partial charge in [0, 0.05) is 6.42 Å². The van der Waals surface area contributed by atoms with Gasteiger partial charge >= 0.3 is 11.9 Å². The predicted molar refractivity (Wildman–Crippen MR) is 88.6 cm³/mol. The van der Waals surface area contributed by atoms with E-state index in [1.165, 1.54) is 44.9 Å². The first-order chi connectivity index (χ1) is 10.7. The molecule has 0 aliphatic rings. The summed E-state index contributed by atoms with van der Waals surface area (Å²) >= 11 is 0. The van der Waals surface area contributed by atoms with E-state index in [0.29, 0.717) is 19.4 Å². The smallest absolute Gasteiger partial charge is 0.347 e. The maximum Gasteiger partial charge on any atom is 0.347 e. The Morgan fingerprint density at radius 2 is 1.36 bits per heavy atom. The van der Waals surface area contributed by atoms with Crippen LogP contribution in [0.1, 0.15) is 91.4 Å². The van der Waals surface area contributed by atoms with Crippen LogP contribution in [0.4, 0.5) is 0 Å². The zero-order chi connectivity index (χ0) is 16.6. The van der Waals surface area contributed by atoms with Gasteiger partial charge in [0.25, 0.3) is 0 Å². The van der Waals surface area contributed by atoms with Crippen molar-refractivity contribution < 1.29 is 19.1 Å². The average molecular weight is 314 g/mol. The first-order valence-corrected chi connectivity index (χ1v) is 9.01. The van der Waals surface area contributed by atoms with Crippen LogP contribution in [-0.4, -0.2) is 24.6 Å². The largest absolute Gasteiger partial charge is 0.463 e. The topological polar surface area (TPSA) is 52.6 Å². The Labute approximate surface area is 135 Å². The minimum atomic E-state index is -0.744. The van der Waals surface area contributed by atoms with E-state index in [2.05, 4.69) is 6.92 Å². The molecule has 1 unspecified atom stereocenters. The minimum Gasteiger partial charge on any atom is -0.463 e. The van der Waals surface area contributed by atoms with E-state index in [1.54, 1.807) is 6.92 Å². The third-order valence-electron chi connectivity index (χ3n) is 3.68. The second-order valence-electron chi connectivity index (χ2n) is 5.72. The van der Waals surface area contributed by atoms with Crippen molar-refractivity contribution in [3.8, 4) is 0 Å². The van der Waals surface area contributed by atoms with Crippen LogP contribution in [0.2, 0.25) is 0 Å². The van der Waals surface area contributed by atoms with E-state index >= 15 is 0 Å². The van der Waals surface area contributed by atoms with Gasteiger partial charge in [-0.25, -0.2) is 4.79 Å². The van der Waals surface area contributed by atoms with Crippen LogP contribution < -0.4 is 0 Å². The predicted octanol–water partition coefficient (Wildman–Crippen LogP) is 4.79. The summed E-state index contributed by atoms with van der Waals surface area (Å²) in [5.41, 5.74) is 0. The molecule has 0 heterocycles. The molecular weight excluding hydrogens is 280 g/mol. The highest BCUT2D eigenvalue weighted by Gasteiger charge is 2.21. The van der Waals surface area contributed by atoms with E-state index < -0.39 is 12.1 Å². The van der Waals surface area contributed by atoms with E-state index in [9.17, 15) is 9.59 Å². The van der Waals surface area contributed by atoms with Crippen molar-refractivity contribution in [2.45, 2.75) is 97.5 Å². The molecule has 0 saturated heterocycles. The van der Waals surface area contributed by atoms with Crippen molar-refractivity contribution in [3.05, 3.63) is 0 Å². The standard InChI is InChI=1S/C18H34O4/c1-4-7-8-9-10-11-12-13-14-15-17(19)22-16(5-2)18(20)21-6-3/h16H,4-15H2,1-3H3. The van der Waals surface area contributed by atoms with Crippen molar-refractivity contribution in [2.75, 3.05) is 6.61 Å². The lowest BCUT2D eigenvalue weighted by Gasteiger charge is -2.14. The van der Waals surface area contributed by atoms with Gasteiger partial charge in [0.05, 0.1) is 6.61 Å². The molecule has 0 aliphatic carbocycles. The fourth-order valence-electron chi connectivity index (χ4n) is 2.33. The van der Waals surface area contributed by atoms with Crippen LogP contribution in [0.15, 0.2) is 0 Å². The number of carbonyl (C=O) groups excluding carboxylic acids is 2. The molecule has 0 amide bonds. The molecule has 130 valence electrons. The zero-order valence-corrected chi connectivity index (χ0v) is 14.7. The Bertz CT molecular complexity index is 289. The Kier molecular flexibility index (Phi) is 14.1. The summed E-state index contributed by atoms with van der Waals surface area (Å²) in [6.07, 6.45) is 11.0. The van der Waals surface area contributed by atoms with Gasteiger partial charge in [0.2, 0.25) is 0 Å². The van der Waals surface area contributed by atoms with Gasteiger partial charge in [0.15, 0.2) is 6.10 Å². The molecule has 0 aliphatic heterocycles. The second kappa shape index (κ2) is 14.9. The molecule has 0 fully saturated rings. The molecule has 0 aromatic carbocycles. The molecule has 0 bridgehead atoms. The summed E-state index contributed by atoms with van der Waals surface area (Å²) in [5.74, 6) is -0.728. The summed E-state index contributed by atoms with van der Waals surface area (Å²) in [7, 11) is 0. The molecule has 4 heteroatoms. The summed E-state index contributed by atoms with van der Waals surface area (Å²) in [6.45, 7) is 6.09. The third-order valence-corrected chi connectivity index (χ3v) is 3.68. The van der Waals surface area contributed by atoms with Crippen molar-refractivity contribution in [3.63, 3.8) is 0 Å². The summed E-state index contributed by atoms with van der Waals surface area (Å²) in [5, 5.41) is 0. The third kappa shape index (κ3) is 11.6. The monoisotopic (exact) mass is 314 g/mol. The fourth-order valence-corrected chi connectivity index (χ4v) is 2.33. The summed E-state index contributed by atoms with van der Waals surface area (Å²) < 4.78 is 10.1. The highest BCUT2D eigenvalue weighted by Crippen LogP contribution is 2.11. The number of rotatable bonds is 14. The maximum absolute atomic E-state index is 11.7. The van der Waals surface area contributed by atoms with Crippen molar-refractivity contribution in [2.24, 2.45) is 0 Å². The van der Waals surface area contributed by atoms with Gasteiger partial charge in [-0.1, -0.05) is 65.2 Å². The minimum absolute atomic E-state index is 0.289. The van der Waals surface area contributed by atoms with Gasteiger partial charge in [0.1, 0.15) is 0 Å². The van der Waals surface area contributed by atoms with Crippen LogP contribution >= 0.6 is 0 Å². The van der Waals surface area contributed by atoms with E-state index in [4.69, 9.17) is 9.47 Å². The molecule has 0 spiro atoms. The van der Waals surface area contributed by atoms with Gasteiger partial charge in [-0.3, -0.25) is 4.79 Å². The maximum atomic E-state index is 11.7. The van der Waals surface area contributed by atoms with E-state index in [-0.39, 0.29) is 5.97 Å². The van der Waals surface area contributed by atoms with Gasteiger partial charge in [-0.05, 0) is 19.8 Å². The molecule has 0 radical (unpaired) electrons. The Balaban J connectivity index is 3.58. The number of ether oxygens (including phenoxy) is 2. The molecule has 22 heavy (non-hydrogen) atoms. The van der Waals surface area contributed by atoms with Crippen molar-refractivity contribution in [1.82, 2.24) is 0 Å². The molecule has 0 rings (SSSR count). The average Bonchev–Trinajstić information content (AvgIpc) is 2.51. The van der Waals surface area contributed by atoms with Crippen LogP contribution in [0.25, 0.3) is 0 Å². The van der Waals surface area contributed by atoms with E-state index in [1.807, 2.05) is 6.92 Å². The number of hydrogen-bond acceptors (Lipinski definition) is 4. The second-order valence-corrected chi connectivity index (χ2v) is 5.72. The quantitative estimate of drug-likeness (QED) is 0.341. The zero-order valence-electron chi connectivity index (χ0n) is 14.7. The summed E-state index contributed by atoms with van der Waals surface area (Å²) in [4.78, 5) is 23.2. The number of esters is 2. The van der Waals surface area contributed by atoms with Gasteiger partial charge in [-0.15, -0.1) is 0 Å². The lowest BCUT2D eigenvalue weighted by atomic mass is 10.1. The van der Waals surface area contributed by atoms with Crippen LogP contribution in [0.5, 0.6) is 0 Å². The number of unbranched alkanes of at least 4 members (excludes halogenated alkanes) is 8. The molecule has 0 saturated carbocycles.